The van der Waals surface area contributed by atoms with E-state index < -0.39 is 0 Å². The van der Waals surface area contributed by atoms with E-state index >= 15 is 0 Å². The molecule has 1 unspecified atom stereocenters. The van der Waals surface area contributed by atoms with Crippen molar-refractivity contribution in [2.45, 2.75) is 19.4 Å². The van der Waals surface area contributed by atoms with Gasteiger partial charge in [-0.3, -0.25) is 0 Å². The maximum absolute atomic E-state index is 5.74. The highest BCUT2D eigenvalue weighted by Gasteiger charge is 2.06. The standard InChI is InChI=1S/C15H19N3O3/c1-10(16)4-11-8-17-15(18-9-11)21-14-6-12(19-2)5-13(7-14)20-3/h5-10H,4,16H2,1-3H3. The molecule has 0 aliphatic heterocycles. The highest BCUT2D eigenvalue weighted by atomic mass is 16.5. The van der Waals surface area contributed by atoms with Crippen LogP contribution in [0.1, 0.15) is 12.5 Å². The van der Waals surface area contributed by atoms with Crippen LogP contribution < -0.4 is 19.9 Å². The van der Waals surface area contributed by atoms with Crippen molar-refractivity contribution in [1.82, 2.24) is 9.97 Å². The molecule has 6 nitrogen and oxygen atoms in total. The Hall–Kier alpha value is -2.34. The Labute approximate surface area is 123 Å². The minimum Gasteiger partial charge on any atom is -0.496 e. The lowest BCUT2D eigenvalue weighted by Crippen LogP contribution is -2.17. The number of nitrogens with zero attached hydrogens (tertiary/aromatic N) is 2. The fraction of sp³-hybridized carbons (Fsp3) is 0.333. The van der Waals surface area contributed by atoms with Crippen molar-refractivity contribution >= 4 is 0 Å². The van der Waals surface area contributed by atoms with Gasteiger partial charge in [0.15, 0.2) is 0 Å². The first-order valence-electron chi connectivity index (χ1n) is 6.58. The summed E-state index contributed by atoms with van der Waals surface area (Å²) in [6, 6.07) is 5.57. The van der Waals surface area contributed by atoms with E-state index in [0.717, 1.165) is 12.0 Å². The number of methoxy groups -OCH3 is 2. The molecule has 112 valence electrons. The summed E-state index contributed by atoms with van der Waals surface area (Å²) in [7, 11) is 3.16. The Kier molecular flexibility index (Phi) is 4.94. The van der Waals surface area contributed by atoms with Crippen LogP contribution >= 0.6 is 0 Å². The van der Waals surface area contributed by atoms with Gasteiger partial charge in [0.1, 0.15) is 17.2 Å². The van der Waals surface area contributed by atoms with Crippen LogP contribution in [0.3, 0.4) is 0 Å². The molecule has 2 aromatic rings. The lowest BCUT2D eigenvalue weighted by atomic mass is 10.1. The lowest BCUT2D eigenvalue weighted by molar-refractivity contribution is 0.382. The minimum absolute atomic E-state index is 0.0722. The van der Waals surface area contributed by atoms with Crippen molar-refractivity contribution < 1.29 is 14.2 Å². The third-order valence-corrected chi connectivity index (χ3v) is 2.77. The van der Waals surface area contributed by atoms with Crippen molar-refractivity contribution in [1.29, 1.82) is 0 Å². The van der Waals surface area contributed by atoms with Gasteiger partial charge < -0.3 is 19.9 Å². The average molecular weight is 289 g/mol. The Morgan fingerprint density at radius 2 is 1.52 bits per heavy atom. The van der Waals surface area contributed by atoms with Crippen molar-refractivity contribution in [3.05, 3.63) is 36.2 Å². The molecule has 0 spiro atoms. The van der Waals surface area contributed by atoms with E-state index in [1.807, 2.05) is 6.92 Å². The minimum atomic E-state index is 0.0722. The van der Waals surface area contributed by atoms with Gasteiger partial charge in [0.25, 0.3) is 0 Å². The van der Waals surface area contributed by atoms with Crippen LogP contribution in [0.15, 0.2) is 30.6 Å². The van der Waals surface area contributed by atoms with Crippen LogP contribution in [-0.2, 0) is 6.42 Å². The number of ether oxygens (including phenoxy) is 3. The number of hydrogen-bond donors (Lipinski definition) is 1. The third kappa shape index (κ3) is 4.32. The quantitative estimate of drug-likeness (QED) is 0.878. The normalized spacial score (nSPS) is 11.8. The molecular weight excluding hydrogens is 270 g/mol. The fourth-order valence-electron chi connectivity index (χ4n) is 1.82. The van der Waals surface area contributed by atoms with Crippen molar-refractivity contribution in [3.63, 3.8) is 0 Å². The van der Waals surface area contributed by atoms with Gasteiger partial charge in [0, 0.05) is 36.6 Å². The second-order valence-electron chi connectivity index (χ2n) is 4.71. The molecule has 0 amide bonds. The average Bonchev–Trinajstić information content (AvgIpc) is 2.48. The fourth-order valence-corrected chi connectivity index (χ4v) is 1.82. The zero-order valence-electron chi connectivity index (χ0n) is 12.4. The van der Waals surface area contributed by atoms with Gasteiger partial charge in [0.05, 0.1) is 14.2 Å². The molecule has 1 aromatic heterocycles. The van der Waals surface area contributed by atoms with Crippen molar-refractivity contribution in [2.75, 3.05) is 14.2 Å². The van der Waals surface area contributed by atoms with Gasteiger partial charge in [-0.25, -0.2) is 9.97 Å². The highest BCUT2D eigenvalue weighted by molar-refractivity contribution is 5.42. The maximum Gasteiger partial charge on any atom is 0.321 e. The maximum atomic E-state index is 5.74. The van der Waals surface area contributed by atoms with Gasteiger partial charge >= 0.3 is 6.01 Å². The van der Waals surface area contributed by atoms with Crippen LogP contribution in [0.25, 0.3) is 0 Å². The van der Waals surface area contributed by atoms with Gasteiger partial charge in [-0.15, -0.1) is 0 Å². The summed E-state index contributed by atoms with van der Waals surface area (Å²) in [5.41, 5.74) is 6.71. The smallest absolute Gasteiger partial charge is 0.321 e. The number of benzene rings is 1. The van der Waals surface area contributed by atoms with Crippen LogP contribution in [-0.4, -0.2) is 30.2 Å². The molecule has 1 heterocycles. The van der Waals surface area contributed by atoms with Crippen LogP contribution in [0.5, 0.6) is 23.3 Å². The molecule has 0 bridgehead atoms. The molecule has 0 radical (unpaired) electrons. The molecule has 0 saturated carbocycles. The summed E-state index contributed by atoms with van der Waals surface area (Å²) in [5, 5.41) is 0. The topological polar surface area (TPSA) is 79.5 Å². The summed E-state index contributed by atoms with van der Waals surface area (Å²) >= 11 is 0. The molecule has 21 heavy (non-hydrogen) atoms. The van der Waals surface area contributed by atoms with E-state index in [4.69, 9.17) is 19.9 Å². The number of hydrogen-bond acceptors (Lipinski definition) is 6. The molecule has 2 rings (SSSR count). The number of aromatic nitrogens is 2. The summed E-state index contributed by atoms with van der Waals surface area (Å²) in [4.78, 5) is 8.34. The van der Waals surface area contributed by atoms with E-state index in [-0.39, 0.29) is 12.1 Å². The summed E-state index contributed by atoms with van der Waals surface area (Å²) in [6.07, 6.45) is 4.15. The van der Waals surface area contributed by atoms with E-state index in [1.54, 1.807) is 44.8 Å². The van der Waals surface area contributed by atoms with Crippen molar-refractivity contribution in [3.8, 4) is 23.3 Å². The molecule has 0 saturated heterocycles. The van der Waals surface area contributed by atoms with Crippen LogP contribution in [0, 0.1) is 0 Å². The second-order valence-corrected chi connectivity index (χ2v) is 4.71. The molecule has 2 N–H and O–H groups in total. The molecule has 1 atom stereocenters. The summed E-state index contributed by atoms with van der Waals surface area (Å²) in [6.45, 7) is 1.94. The van der Waals surface area contributed by atoms with Crippen LogP contribution in [0.2, 0.25) is 0 Å². The Balaban J connectivity index is 2.14. The Bertz CT molecular complexity index is 563. The molecule has 1 aromatic carbocycles. The molecule has 0 fully saturated rings. The second kappa shape index (κ2) is 6.90. The first kappa shape index (κ1) is 15.1. The third-order valence-electron chi connectivity index (χ3n) is 2.77. The van der Waals surface area contributed by atoms with Gasteiger partial charge in [-0.1, -0.05) is 0 Å². The summed E-state index contributed by atoms with van der Waals surface area (Å²) in [5.74, 6) is 1.82. The lowest BCUT2D eigenvalue weighted by Gasteiger charge is -2.09. The van der Waals surface area contributed by atoms with E-state index in [0.29, 0.717) is 17.2 Å². The van der Waals surface area contributed by atoms with Gasteiger partial charge in [-0.05, 0) is 18.9 Å². The van der Waals surface area contributed by atoms with Gasteiger partial charge in [-0.2, -0.15) is 0 Å². The molecular formula is C15H19N3O3. The van der Waals surface area contributed by atoms with Gasteiger partial charge in [0.2, 0.25) is 0 Å². The first-order chi connectivity index (χ1) is 10.1. The van der Waals surface area contributed by atoms with E-state index in [2.05, 4.69) is 9.97 Å². The SMILES string of the molecule is COc1cc(OC)cc(Oc2ncc(CC(C)N)cn2)c1. The monoisotopic (exact) mass is 289 g/mol. The first-order valence-corrected chi connectivity index (χ1v) is 6.58. The Morgan fingerprint density at radius 1 is 1.00 bits per heavy atom. The highest BCUT2D eigenvalue weighted by Crippen LogP contribution is 2.29. The zero-order valence-corrected chi connectivity index (χ0v) is 12.4. The largest absolute Gasteiger partial charge is 0.496 e. The molecule has 0 aliphatic rings. The van der Waals surface area contributed by atoms with Crippen molar-refractivity contribution in [2.24, 2.45) is 5.73 Å². The molecule has 0 aliphatic carbocycles. The molecule has 6 heteroatoms. The van der Waals surface area contributed by atoms with E-state index in [9.17, 15) is 0 Å². The number of rotatable bonds is 6. The van der Waals surface area contributed by atoms with E-state index in [1.165, 1.54) is 0 Å². The Morgan fingerprint density at radius 3 is 2.00 bits per heavy atom. The van der Waals surface area contributed by atoms with Crippen LogP contribution in [0.4, 0.5) is 0 Å². The predicted molar refractivity (Wildman–Crippen MR) is 79.0 cm³/mol. The number of nitrogens with two attached hydrogens (primary N) is 1. The predicted octanol–water partition coefficient (Wildman–Crippen LogP) is 2.18. The zero-order chi connectivity index (χ0) is 15.2. The summed E-state index contributed by atoms with van der Waals surface area (Å²) < 4.78 is 16.0.